The van der Waals surface area contributed by atoms with E-state index in [9.17, 15) is 9.59 Å². The molecule has 0 unspecified atom stereocenters. The third-order valence-electron chi connectivity index (χ3n) is 5.24. The molecular weight excluding hydrogens is 400 g/mol. The quantitative estimate of drug-likeness (QED) is 0.694. The molecule has 0 saturated carbocycles. The number of nitrogens with zero attached hydrogens (tertiary/aromatic N) is 5. The highest BCUT2D eigenvalue weighted by atomic mass is 32.1. The molecule has 0 atom stereocenters. The van der Waals surface area contributed by atoms with Crippen molar-refractivity contribution in [1.29, 1.82) is 0 Å². The Hall–Kier alpha value is -2.94. The molecule has 1 saturated heterocycles. The van der Waals surface area contributed by atoms with Gasteiger partial charge in [0.2, 0.25) is 0 Å². The van der Waals surface area contributed by atoms with Crippen molar-refractivity contribution in [2.24, 2.45) is 0 Å². The van der Waals surface area contributed by atoms with Gasteiger partial charge >= 0.3 is 6.03 Å². The third kappa shape index (κ3) is 3.77. The zero-order valence-corrected chi connectivity index (χ0v) is 18.3. The first-order valence-corrected chi connectivity index (χ1v) is 11.1. The maximum Gasteiger partial charge on any atom is 0.317 e. The highest BCUT2D eigenvalue weighted by molar-refractivity contribution is 7.13. The predicted molar refractivity (Wildman–Crippen MR) is 118 cm³/mol. The highest BCUT2D eigenvalue weighted by Gasteiger charge is 2.27. The van der Waals surface area contributed by atoms with Gasteiger partial charge in [-0.25, -0.2) is 14.5 Å². The molecule has 0 bridgehead atoms. The van der Waals surface area contributed by atoms with Gasteiger partial charge in [0, 0.05) is 38.8 Å². The summed E-state index contributed by atoms with van der Waals surface area (Å²) in [6, 6.07) is 5.92. The van der Waals surface area contributed by atoms with E-state index in [-0.39, 0.29) is 18.0 Å². The topological polar surface area (TPSA) is 83.4 Å². The molecule has 4 heterocycles. The van der Waals surface area contributed by atoms with Crippen molar-refractivity contribution in [3.8, 4) is 10.6 Å². The van der Waals surface area contributed by atoms with E-state index in [4.69, 9.17) is 4.98 Å². The number of amides is 3. The fraction of sp³-hybridized carbons (Fsp3) is 0.429. The molecule has 0 spiro atoms. The number of piperazine rings is 1. The van der Waals surface area contributed by atoms with Gasteiger partial charge in [0.25, 0.3) is 5.91 Å². The summed E-state index contributed by atoms with van der Waals surface area (Å²) in [5.41, 5.74) is 2.12. The molecule has 0 aromatic carbocycles. The van der Waals surface area contributed by atoms with Crippen LogP contribution in [0, 0.1) is 0 Å². The highest BCUT2D eigenvalue weighted by Crippen LogP contribution is 2.29. The van der Waals surface area contributed by atoms with Crippen LogP contribution in [-0.2, 0) is 0 Å². The number of hydrogen-bond acceptors (Lipinski definition) is 5. The second-order valence-corrected chi connectivity index (χ2v) is 8.51. The van der Waals surface area contributed by atoms with Gasteiger partial charge < -0.3 is 15.1 Å². The lowest BCUT2D eigenvalue weighted by molar-refractivity contribution is 0.0667. The molecule has 1 aliphatic rings. The Bertz CT molecular complexity index is 1050. The Kier molecular flexibility index (Phi) is 5.72. The van der Waals surface area contributed by atoms with Crippen LogP contribution in [0.15, 0.2) is 29.8 Å². The molecule has 30 heavy (non-hydrogen) atoms. The minimum Gasteiger partial charge on any atom is -0.338 e. The molecule has 9 heteroatoms. The Balaban J connectivity index is 1.66. The lowest BCUT2D eigenvalue weighted by Crippen LogP contribution is -2.53. The molecule has 3 aromatic rings. The molecule has 3 aromatic heterocycles. The number of carbonyl (C=O) groups is 2. The third-order valence-corrected chi connectivity index (χ3v) is 6.13. The summed E-state index contributed by atoms with van der Waals surface area (Å²) < 4.78 is 1.86. The first kappa shape index (κ1) is 20.3. The zero-order chi connectivity index (χ0) is 21.3. The van der Waals surface area contributed by atoms with E-state index < -0.39 is 0 Å². The fourth-order valence-electron chi connectivity index (χ4n) is 3.67. The fourth-order valence-corrected chi connectivity index (χ4v) is 4.36. The molecule has 1 N–H and O–H groups in total. The number of hydrogen-bond donors (Lipinski definition) is 1. The van der Waals surface area contributed by atoms with Crippen molar-refractivity contribution in [2.75, 3.05) is 32.7 Å². The van der Waals surface area contributed by atoms with Gasteiger partial charge in [0.05, 0.1) is 27.7 Å². The van der Waals surface area contributed by atoms with Crippen LogP contribution < -0.4 is 5.32 Å². The lowest BCUT2D eigenvalue weighted by Gasteiger charge is -2.34. The second kappa shape index (κ2) is 8.43. The van der Waals surface area contributed by atoms with Crippen molar-refractivity contribution >= 4 is 34.3 Å². The maximum absolute atomic E-state index is 13.5. The average Bonchev–Trinajstić information content (AvgIpc) is 3.42. The smallest absolute Gasteiger partial charge is 0.317 e. The number of thiophene rings is 1. The summed E-state index contributed by atoms with van der Waals surface area (Å²) >= 11 is 1.60. The zero-order valence-electron chi connectivity index (χ0n) is 17.5. The lowest BCUT2D eigenvalue weighted by atomic mass is 10.1. The standard InChI is InChI=1S/C21H26N6O2S/c1-4-22-21(29)26-9-7-25(8-10-26)20(28)15-12-17(18-6-5-11-30-18)24-19-16(15)13-23-27(19)14(2)3/h5-6,11-14H,4,7-10H2,1-3H3,(H,22,29). The van der Waals surface area contributed by atoms with Gasteiger partial charge in [-0.05, 0) is 38.3 Å². The van der Waals surface area contributed by atoms with Crippen molar-refractivity contribution in [2.45, 2.75) is 26.8 Å². The summed E-state index contributed by atoms with van der Waals surface area (Å²) in [7, 11) is 0. The summed E-state index contributed by atoms with van der Waals surface area (Å²) in [6.07, 6.45) is 1.73. The van der Waals surface area contributed by atoms with Crippen LogP contribution >= 0.6 is 11.3 Å². The first-order valence-electron chi connectivity index (χ1n) is 10.2. The van der Waals surface area contributed by atoms with Crippen LogP contribution in [0.25, 0.3) is 21.6 Å². The molecule has 158 valence electrons. The largest absolute Gasteiger partial charge is 0.338 e. The molecule has 3 amide bonds. The Morgan fingerprint density at radius 3 is 2.57 bits per heavy atom. The minimum atomic E-state index is -0.0749. The van der Waals surface area contributed by atoms with Gasteiger partial charge in [-0.15, -0.1) is 11.3 Å². The number of nitrogens with one attached hydrogen (secondary N) is 1. The van der Waals surface area contributed by atoms with Crippen molar-refractivity contribution in [3.05, 3.63) is 35.3 Å². The monoisotopic (exact) mass is 426 g/mol. The second-order valence-electron chi connectivity index (χ2n) is 7.57. The van der Waals surface area contributed by atoms with Gasteiger partial charge in [-0.2, -0.15) is 5.10 Å². The first-order chi connectivity index (χ1) is 14.5. The summed E-state index contributed by atoms with van der Waals surface area (Å²) in [5, 5.41) is 10.1. The van der Waals surface area contributed by atoms with E-state index in [2.05, 4.69) is 10.4 Å². The van der Waals surface area contributed by atoms with Crippen molar-refractivity contribution < 1.29 is 9.59 Å². The van der Waals surface area contributed by atoms with Gasteiger partial charge in [0.15, 0.2) is 5.65 Å². The van der Waals surface area contributed by atoms with Gasteiger partial charge in [-0.1, -0.05) is 6.07 Å². The summed E-state index contributed by atoms with van der Waals surface area (Å²) in [6.45, 7) is 8.65. The van der Waals surface area contributed by atoms with E-state index in [1.807, 2.05) is 53.9 Å². The predicted octanol–water partition coefficient (Wildman–Crippen LogP) is 3.23. The van der Waals surface area contributed by atoms with Gasteiger partial charge in [-0.3, -0.25) is 4.79 Å². The van der Waals surface area contributed by atoms with Crippen molar-refractivity contribution in [1.82, 2.24) is 29.9 Å². The average molecular weight is 427 g/mol. The van der Waals surface area contributed by atoms with Crippen LogP contribution in [0.3, 0.4) is 0 Å². The van der Waals surface area contributed by atoms with Gasteiger partial charge in [0.1, 0.15) is 0 Å². The van der Waals surface area contributed by atoms with E-state index >= 15 is 0 Å². The molecule has 0 aliphatic carbocycles. The van der Waals surface area contributed by atoms with E-state index in [0.717, 1.165) is 21.6 Å². The molecule has 4 rings (SSSR count). The number of carbonyl (C=O) groups excluding carboxylic acids is 2. The molecule has 1 aliphatic heterocycles. The van der Waals surface area contributed by atoms with E-state index in [1.54, 1.807) is 22.4 Å². The number of pyridine rings is 1. The maximum atomic E-state index is 13.5. The summed E-state index contributed by atoms with van der Waals surface area (Å²) in [5.74, 6) is -0.0425. The van der Waals surface area contributed by atoms with Crippen LogP contribution in [0.2, 0.25) is 0 Å². The molecule has 1 fully saturated rings. The number of aromatic nitrogens is 3. The van der Waals surface area contributed by atoms with Crippen LogP contribution in [0.4, 0.5) is 4.79 Å². The van der Waals surface area contributed by atoms with Crippen LogP contribution in [-0.4, -0.2) is 69.2 Å². The van der Waals surface area contributed by atoms with Crippen LogP contribution in [0.1, 0.15) is 37.2 Å². The van der Waals surface area contributed by atoms with E-state index in [0.29, 0.717) is 38.3 Å². The molecule has 8 nitrogen and oxygen atoms in total. The number of urea groups is 1. The Morgan fingerprint density at radius 2 is 1.93 bits per heavy atom. The molecule has 0 radical (unpaired) electrons. The minimum absolute atomic E-state index is 0.0425. The normalized spacial score (nSPS) is 14.5. The SMILES string of the molecule is CCNC(=O)N1CCN(C(=O)c2cc(-c3cccs3)nc3c2cnn3C(C)C)CC1. The molecular formula is C21H26N6O2S. The Morgan fingerprint density at radius 1 is 1.20 bits per heavy atom. The number of rotatable bonds is 4. The Labute approximate surface area is 179 Å². The van der Waals surface area contributed by atoms with Crippen molar-refractivity contribution in [3.63, 3.8) is 0 Å². The van der Waals surface area contributed by atoms with E-state index in [1.165, 1.54) is 0 Å². The van der Waals surface area contributed by atoms with Crippen LogP contribution in [0.5, 0.6) is 0 Å². The number of fused-ring (bicyclic) bond motifs is 1. The summed E-state index contributed by atoms with van der Waals surface area (Å²) in [4.78, 5) is 34.9.